The molecule has 1 fully saturated rings. The number of halogens is 4. The van der Waals surface area contributed by atoms with E-state index in [2.05, 4.69) is 35.9 Å². The van der Waals surface area contributed by atoms with Gasteiger partial charge in [-0.25, -0.2) is 0 Å². The fourth-order valence-electron chi connectivity index (χ4n) is 3.19. The lowest BCUT2D eigenvalue weighted by Crippen LogP contribution is -2.47. The highest BCUT2D eigenvalue weighted by atomic mass is 79.9. The first-order valence-electron chi connectivity index (χ1n) is 9.83. The van der Waals surface area contributed by atoms with E-state index in [1.54, 1.807) is 18.3 Å². The highest BCUT2D eigenvalue weighted by Gasteiger charge is 2.32. The maximum atomic E-state index is 12.8. The largest absolute Gasteiger partial charge is 0.573 e. The van der Waals surface area contributed by atoms with Gasteiger partial charge < -0.3 is 15.0 Å². The van der Waals surface area contributed by atoms with Crippen LogP contribution in [0.25, 0.3) is 0 Å². The molecule has 1 amide bonds. The number of hydrogen-bond acceptors (Lipinski definition) is 6. The van der Waals surface area contributed by atoms with Gasteiger partial charge in [-0.05, 0) is 53.3 Å². The Morgan fingerprint density at radius 2 is 1.88 bits per heavy atom. The molecule has 1 saturated heterocycles. The molecule has 1 N–H and O–H groups in total. The summed E-state index contributed by atoms with van der Waals surface area (Å²) in [5.41, 5.74) is 0.435. The van der Waals surface area contributed by atoms with Gasteiger partial charge in [0.1, 0.15) is 0 Å². The molecule has 172 valence electrons. The minimum atomic E-state index is -4.94. The van der Waals surface area contributed by atoms with E-state index in [0.717, 1.165) is 23.6 Å². The summed E-state index contributed by atoms with van der Waals surface area (Å²) in [7, 11) is 1.98. The van der Waals surface area contributed by atoms with E-state index in [4.69, 9.17) is 0 Å². The average molecular weight is 515 g/mol. The maximum absolute atomic E-state index is 12.8. The number of alkyl halides is 3. The fourth-order valence-corrected chi connectivity index (χ4v) is 3.43. The molecule has 1 aliphatic rings. The third-order valence-corrected chi connectivity index (χ3v) is 5.36. The van der Waals surface area contributed by atoms with E-state index >= 15 is 0 Å². The fraction of sp³-hybridized carbons (Fsp3) is 0.381. The van der Waals surface area contributed by atoms with Crippen molar-refractivity contribution in [1.29, 1.82) is 0 Å². The summed E-state index contributed by atoms with van der Waals surface area (Å²) in [5.74, 6) is -1.42. The molecular weight excluding hydrogens is 493 g/mol. The van der Waals surface area contributed by atoms with Crippen molar-refractivity contribution < 1.29 is 27.5 Å². The first kappa shape index (κ1) is 24.1. The van der Waals surface area contributed by atoms with Gasteiger partial charge in [-0.15, -0.1) is 13.2 Å². The minimum absolute atomic E-state index is 0.0281. The van der Waals surface area contributed by atoms with Gasteiger partial charge in [0, 0.05) is 48.1 Å². The first-order chi connectivity index (χ1) is 15.1. The molecule has 1 aliphatic heterocycles. The smallest absolute Gasteiger partial charge is 0.404 e. The number of ketones is 1. The summed E-state index contributed by atoms with van der Waals surface area (Å²) in [4.78, 5) is 33.3. The molecule has 0 atom stereocenters. The number of benzene rings is 1. The second kappa shape index (κ2) is 10.4. The number of rotatable bonds is 7. The van der Waals surface area contributed by atoms with E-state index in [-0.39, 0.29) is 30.0 Å². The second-order valence-corrected chi connectivity index (χ2v) is 8.37. The molecule has 0 unspecified atom stereocenters. The van der Waals surface area contributed by atoms with Gasteiger partial charge in [-0.2, -0.15) is 0 Å². The number of likely N-dealkylation sites (N-methyl/N-ethyl adjacent to an activating group) is 1. The molecular formula is C21H22BrF3N4O3. The van der Waals surface area contributed by atoms with Gasteiger partial charge in [0.25, 0.3) is 0 Å². The van der Waals surface area contributed by atoms with Gasteiger partial charge in [0.05, 0.1) is 18.7 Å². The zero-order valence-corrected chi connectivity index (χ0v) is 18.9. The van der Waals surface area contributed by atoms with E-state index in [1.807, 2.05) is 11.9 Å². The highest BCUT2D eigenvalue weighted by molar-refractivity contribution is 9.10. The first-order valence-corrected chi connectivity index (χ1v) is 10.6. The van der Waals surface area contributed by atoms with Gasteiger partial charge >= 0.3 is 6.36 Å². The molecule has 32 heavy (non-hydrogen) atoms. The van der Waals surface area contributed by atoms with Crippen LogP contribution in [0.4, 0.5) is 18.9 Å². The van der Waals surface area contributed by atoms with Gasteiger partial charge in [-0.3, -0.25) is 19.5 Å². The van der Waals surface area contributed by atoms with Crippen LogP contribution < -0.4 is 10.1 Å². The Labute approximate surface area is 191 Å². The Kier molecular flexibility index (Phi) is 7.86. The quantitative estimate of drug-likeness (QED) is 0.571. The van der Waals surface area contributed by atoms with Crippen molar-refractivity contribution in [2.45, 2.75) is 12.8 Å². The Balaban J connectivity index is 1.75. The number of piperazine rings is 1. The number of carbonyl (C=O) groups excluding carboxylic acids is 2. The summed E-state index contributed by atoms with van der Waals surface area (Å²) in [6.45, 7) is 2.97. The molecule has 0 bridgehead atoms. The highest BCUT2D eigenvalue weighted by Crippen LogP contribution is 2.31. The van der Waals surface area contributed by atoms with Crippen molar-refractivity contribution >= 4 is 33.3 Å². The molecule has 11 heteroatoms. The molecule has 2 aromatic rings. The SMILES string of the molecule is CN1CCN(CC(=O)Nc2cc(C(=O)Cc3ccc(Br)cn3)ccc2OC(F)(F)F)CC1. The van der Waals surface area contributed by atoms with Crippen LogP contribution in [-0.2, 0) is 11.2 Å². The van der Waals surface area contributed by atoms with Crippen molar-refractivity contribution in [3.05, 3.63) is 52.3 Å². The van der Waals surface area contributed by atoms with Gasteiger partial charge in [-0.1, -0.05) is 0 Å². The monoisotopic (exact) mass is 514 g/mol. The predicted octanol–water partition coefficient (Wildman–Crippen LogP) is 3.35. The third-order valence-electron chi connectivity index (χ3n) is 4.89. The van der Waals surface area contributed by atoms with Crippen LogP contribution in [0.3, 0.4) is 0 Å². The molecule has 0 aliphatic carbocycles. The van der Waals surface area contributed by atoms with Crippen molar-refractivity contribution in [2.24, 2.45) is 0 Å². The zero-order chi connectivity index (χ0) is 23.3. The standard InChI is InChI=1S/C21H22BrF3N4O3/c1-28-6-8-29(9-7-28)13-20(31)27-17-10-14(2-5-19(17)32-21(23,24)25)18(30)11-16-4-3-15(22)12-26-16/h2-5,10,12H,6-9,11,13H2,1H3,(H,27,31). The summed E-state index contributed by atoms with van der Waals surface area (Å²) < 4.78 is 43.3. The van der Waals surface area contributed by atoms with E-state index in [1.165, 1.54) is 12.1 Å². The van der Waals surface area contributed by atoms with Gasteiger partial charge in [0.15, 0.2) is 11.5 Å². The number of Topliss-reactive ketones (excluding diaryl/α,β-unsaturated/α-hetero) is 1. The Morgan fingerprint density at radius 3 is 2.50 bits per heavy atom. The van der Waals surface area contributed by atoms with Crippen LogP contribution >= 0.6 is 15.9 Å². The lowest BCUT2D eigenvalue weighted by molar-refractivity contribution is -0.274. The van der Waals surface area contributed by atoms with E-state index in [9.17, 15) is 22.8 Å². The summed E-state index contributed by atoms with van der Waals surface area (Å²) in [6, 6.07) is 6.87. The zero-order valence-electron chi connectivity index (χ0n) is 17.3. The van der Waals surface area contributed by atoms with Crippen molar-refractivity contribution in [3.63, 3.8) is 0 Å². The summed E-state index contributed by atoms with van der Waals surface area (Å²) >= 11 is 3.26. The molecule has 1 aromatic carbocycles. The molecule has 7 nitrogen and oxygen atoms in total. The molecule has 0 radical (unpaired) electrons. The number of pyridine rings is 1. The van der Waals surface area contributed by atoms with E-state index in [0.29, 0.717) is 18.8 Å². The van der Waals surface area contributed by atoms with Crippen molar-refractivity contribution in [3.8, 4) is 5.75 Å². The molecule has 3 rings (SSSR count). The molecule has 2 heterocycles. The van der Waals surface area contributed by atoms with E-state index < -0.39 is 18.0 Å². The summed E-state index contributed by atoms with van der Waals surface area (Å²) in [5, 5.41) is 2.46. The lowest BCUT2D eigenvalue weighted by atomic mass is 10.0. The Bertz CT molecular complexity index is 962. The van der Waals surface area contributed by atoms with Crippen LogP contribution in [0.2, 0.25) is 0 Å². The van der Waals surface area contributed by atoms with Crippen LogP contribution in [0.5, 0.6) is 5.75 Å². The number of ether oxygens (including phenoxy) is 1. The normalized spacial score (nSPS) is 15.4. The van der Waals surface area contributed by atoms with Crippen LogP contribution in [0.1, 0.15) is 16.1 Å². The predicted molar refractivity (Wildman–Crippen MR) is 116 cm³/mol. The maximum Gasteiger partial charge on any atom is 0.573 e. The number of anilines is 1. The lowest BCUT2D eigenvalue weighted by Gasteiger charge is -2.31. The summed E-state index contributed by atoms with van der Waals surface area (Å²) in [6.07, 6.45) is -3.43. The van der Waals surface area contributed by atoms with Crippen molar-refractivity contribution in [1.82, 2.24) is 14.8 Å². The van der Waals surface area contributed by atoms with Crippen molar-refractivity contribution in [2.75, 3.05) is 45.1 Å². The molecule has 0 spiro atoms. The number of aromatic nitrogens is 1. The van der Waals surface area contributed by atoms with Crippen LogP contribution in [0.15, 0.2) is 41.0 Å². The van der Waals surface area contributed by atoms with Gasteiger partial charge in [0.2, 0.25) is 5.91 Å². The number of nitrogens with zero attached hydrogens (tertiary/aromatic N) is 3. The molecule has 1 aromatic heterocycles. The number of carbonyl (C=O) groups is 2. The number of nitrogens with one attached hydrogen (secondary N) is 1. The van der Waals surface area contributed by atoms with Crippen LogP contribution in [-0.4, -0.2) is 72.6 Å². The second-order valence-electron chi connectivity index (χ2n) is 7.45. The Morgan fingerprint density at radius 1 is 1.16 bits per heavy atom. The molecule has 0 saturated carbocycles. The van der Waals surface area contributed by atoms with Crippen LogP contribution in [0, 0.1) is 0 Å². The number of amides is 1. The topological polar surface area (TPSA) is 74.8 Å². The Hall–Kier alpha value is -2.50. The average Bonchev–Trinajstić information content (AvgIpc) is 2.71. The number of hydrogen-bond donors (Lipinski definition) is 1. The third kappa shape index (κ3) is 7.28. The minimum Gasteiger partial charge on any atom is -0.404 e.